The van der Waals surface area contributed by atoms with E-state index in [1.165, 1.54) is 17.6 Å². The summed E-state index contributed by atoms with van der Waals surface area (Å²) >= 11 is 1.55. The molecule has 3 heteroatoms. The van der Waals surface area contributed by atoms with E-state index in [2.05, 4.69) is 13.8 Å². The predicted molar refractivity (Wildman–Crippen MR) is 66.9 cm³/mol. The summed E-state index contributed by atoms with van der Waals surface area (Å²) in [6.45, 7) is 4.29. The third-order valence-electron chi connectivity index (χ3n) is 3.06. The van der Waals surface area contributed by atoms with Gasteiger partial charge in [0.25, 0.3) is 0 Å². The molecule has 1 aromatic heterocycles. The number of aromatic carboxylic acids is 1. The molecule has 0 spiro atoms. The lowest BCUT2D eigenvalue weighted by Crippen LogP contribution is -2.08. The highest BCUT2D eigenvalue weighted by Crippen LogP contribution is 2.40. The van der Waals surface area contributed by atoms with Crippen LogP contribution in [0.3, 0.4) is 0 Å². The van der Waals surface area contributed by atoms with Crippen LogP contribution in [0.2, 0.25) is 0 Å². The number of carboxylic acid groups (broad SMARTS) is 1. The highest BCUT2D eigenvalue weighted by atomic mass is 32.1. The molecule has 86 valence electrons. The second-order valence-electron chi connectivity index (χ2n) is 4.49. The number of hydrogen-bond acceptors (Lipinski definition) is 2. The highest BCUT2D eigenvalue weighted by molar-refractivity contribution is 7.11. The summed E-state index contributed by atoms with van der Waals surface area (Å²) in [6.07, 6.45) is 3.54. The Morgan fingerprint density at radius 3 is 2.56 bits per heavy atom. The Bertz CT molecular complexity index is 435. The van der Waals surface area contributed by atoms with E-state index in [4.69, 9.17) is 5.11 Å². The molecule has 2 rings (SSSR count). The molecule has 0 atom stereocenters. The summed E-state index contributed by atoms with van der Waals surface area (Å²) in [6, 6.07) is 1.71. The maximum atomic E-state index is 11.1. The second kappa shape index (κ2) is 4.42. The van der Waals surface area contributed by atoms with Crippen LogP contribution in [0.1, 0.15) is 48.3 Å². The maximum Gasteiger partial charge on any atom is 0.337 e. The normalized spacial score (nSPS) is 15.1. The van der Waals surface area contributed by atoms with Crippen LogP contribution in [-0.2, 0) is 0 Å². The van der Waals surface area contributed by atoms with Crippen molar-refractivity contribution in [2.24, 2.45) is 5.92 Å². The fraction of sp³-hybridized carbons (Fsp3) is 0.462. The highest BCUT2D eigenvalue weighted by Gasteiger charge is 2.23. The van der Waals surface area contributed by atoms with Crippen LogP contribution in [0.15, 0.2) is 17.0 Å². The van der Waals surface area contributed by atoms with Gasteiger partial charge in [-0.3, -0.25) is 0 Å². The molecule has 1 fully saturated rings. The molecule has 1 saturated carbocycles. The number of allylic oxidation sites excluding steroid dienone is 2. The predicted octanol–water partition coefficient (Wildman–Crippen LogP) is 4.04. The van der Waals surface area contributed by atoms with E-state index in [0.29, 0.717) is 11.5 Å². The van der Waals surface area contributed by atoms with Gasteiger partial charge in [-0.15, -0.1) is 11.3 Å². The molecule has 0 aliphatic heterocycles. The first-order chi connectivity index (χ1) is 7.61. The molecule has 2 nitrogen and oxygen atoms in total. The lowest BCUT2D eigenvalue weighted by Gasteiger charge is -2.24. The Hall–Kier alpha value is -1.09. The fourth-order valence-corrected chi connectivity index (χ4v) is 3.27. The van der Waals surface area contributed by atoms with Crippen LogP contribution in [0, 0.1) is 5.92 Å². The van der Waals surface area contributed by atoms with Crippen LogP contribution in [0.5, 0.6) is 0 Å². The molecule has 0 saturated heterocycles. The van der Waals surface area contributed by atoms with Gasteiger partial charge in [0.15, 0.2) is 0 Å². The minimum Gasteiger partial charge on any atom is -0.478 e. The average Bonchev–Trinajstić information content (AvgIpc) is 2.57. The van der Waals surface area contributed by atoms with Gasteiger partial charge in [-0.2, -0.15) is 0 Å². The fourth-order valence-electron chi connectivity index (χ4n) is 2.14. The topological polar surface area (TPSA) is 37.3 Å². The zero-order valence-corrected chi connectivity index (χ0v) is 10.4. The molecular weight excluding hydrogens is 220 g/mol. The van der Waals surface area contributed by atoms with Crippen molar-refractivity contribution < 1.29 is 9.90 Å². The second-order valence-corrected chi connectivity index (χ2v) is 5.41. The van der Waals surface area contributed by atoms with Crippen molar-refractivity contribution in [2.45, 2.75) is 33.1 Å². The third-order valence-corrected chi connectivity index (χ3v) is 4.00. The Morgan fingerprint density at radius 2 is 2.12 bits per heavy atom. The van der Waals surface area contributed by atoms with E-state index in [1.807, 2.05) is 5.38 Å². The van der Waals surface area contributed by atoms with Gasteiger partial charge >= 0.3 is 5.97 Å². The Labute approximate surface area is 99.6 Å². The molecule has 1 N–H and O–H groups in total. The molecular formula is C13H16O2S. The van der Waals surface area contributed by atoms with Gasteiger partial charge in [0, 0.05) is 4.88 Å². The van der Waals surface area contributed by atoms with E-state index in [0.717, 1.165) is 17.7 Å². The molecule has 1 aliphatic rings. The minimum atomic E-state index is -0.811. The zero-order valence-electron chi connectivity index (χ0n) is 9.62. The molecule has 0 radical (unpaired) electrons. The zero-order chi connectivity index (χ0) is 11.7. The first-order valence-electron chi connectivity index (χ1n) is 5.64. The van der Waals surface area contributed by atoms with E-state index in [-0.39, 0.29) is 0 Å². The van der Waals surface area contributed by atoms with Crippen molar-refractivity contribution in [2.75, 3.05) is 0 Å². The summed E-state index contributed by atoms with van der Waals surface area (Å²) in [5, 5.41) is 11.0. The van der Waals surface area contributed by atoms with Gasteiger partial charge in [-0.05, 0) is 42.2 Å². The van der Waals surface area contributed by atoms with Gasteiger partial charge in [0.2, 0.25) is 0 Å². The average molecular weight is 236 g/mol. The van der Waals surface area contributed by atoms with Crippen molar-refractivity contribution in [3.63, 3.8) is 0 Å². The SMILES string of the molecule is CC(C)C(=C1CCC1)c1sccc1C(=O)O. The summed E-state index contributed by atoms with van der Waals surface area (Å²) in [5.74, 6) is -0.402. The van der Waals surface area contributed by atoms with Crippen molar-refractivity contribution in [3.8, 4) is 0 Å². The molecule has 0 aromatic carbocycles. The van der Waals surface area contributed by atoms with Crippen molar-refractivity contribution in [1.29, 1.82) is 0 Å². The van der Waals surface area contributed by atoms with E-state index >= 15 is 0 Å². The van der Waals surface area contributed by atoms with Crippen LogP contribution in [-0.4, -0.2) is 11.1 Å². The quantitative estimate of drug-likeness (QED) is 0.860. The number of rotatable bonds is 3. The first-order valence-corrected chi connectivity index (χ1v) is 6.52. The van der Waals surface area contributed by atoms with Gasteiger partial charge in [-0.25, -0.2) is 4.79 Å². The van der Waals surface area contributed by atoms with Gasteiger partial charge in [-0.1, -0.05) is 19.4 Å². The Balaban J connectivity index is 2.48. The summed E-state index contributed by atoms with van der Waals surface area (Å²) in [4.78, 5) is 12.1. The van der Waals surface area contributed by atoms with Crippen LogP contribution < -0.4 is 0 Å². The molecule has 16 heavy (non-hydrogen) atoms. The molecule has 0 amide bonds. The minimum absolute atomic E-state index is 0.409. The Morgan fingerprint density at radius 1 is 1.44 bits per heavy atom. The van der Waals surface area contributed by atoms with Crippen molar-refractivity contribution in [1.82, 2.24) is 0 Å². The summed E-state index contributed by atoms with van der Waals surface area (Å²) in [5.41, 5.74) is 3.20. The Kier molecular flexibility index (Phi) is 3.15. The standard InChI is InChI=1S/C13H16O2S/c1-8(2)11(9-4-3-5-9)12-10(13(14)15)6-7-16-12/h6-8H,3-5H2,1-2H3,(H,14,15). The molecule has 1 heterocycles. The molecule has 0 bridgehead atoms. The number of carboxylic acids is 1. The number of hydrogen-bond donors (Lipinski definition) is 1. The van der Waals surface area contributed by atoms with Crippen LogP contribution in [0.4, 0.5) is 0 Å². The van der Waals surface area contributed by atoms with E-state index in [1.54, 1.807) is 17.4 Å². The largest absolute Gasteiger partial charge is 0.478 e. The molecule has 1 aliphatic carbocycles. The molecule has 0 unspecified atom stereocenters. The first kappa shape index (κ1) is 11.4. The number of carbonyl (C=O) groups is 1. The summed E-state index contributed by atoms with van der Waals surface area (Å²) < 4.78 is 0. The molecule has 1 aromatic rings. The third kappa shape index (κ3) is 1.92. The van der Waals surface area contributed by atoms with E-state index < -0.39 is 5.97 Å². The van der Waals surface area contributed by atoms with Crippen LogP contribution >= 0.6 is 11.3 Å². The lowest BCUT2D eigenvalue weighted by atomic mass is 9.82. The van der Waals surface area contributed by atoms with Gasteiger partial charge in [0.1, 0.15) is 0 Å². The summed E-state index contributed by atoms with van der Waals surface area (Å²) in [7, 11) is 0. The van der Waals surface area contributed by atoms with Crippen molar-refractivity contribution >= 4 is 22.9 Å². The van der Waals surface area contributed by atoms with Gasteiger partial charge in [0.05, 0.1) is 5.56 Å². The van der Waals surface area contributed by atoms with Crippen molar-refractivity contribution in [3.05, 3.63) is 27.5 Å². The smallest absolute Gasteiger partial charge is 0.337 e. The maximum absolute atomic E-state index is 11.1. The van der Waals surface area contributed by atoms with E-state index in [9.17, 15) is 4.79 Å². The van der Waals surface area contributed by atoms with Crippen LogP contribution in [0.25, 0.3) is 5.57 Å². The number of thiophene rings is 1. The van der Waals surface area contributed by atoms with Gasteiger partial charge < -0.3 is 5.11 Å². The lowest BCUT2D eigenvalue weighted by molar-refractivity contribution is 0.0697. The monoisotopic (exact) mass is 236 g/mol.